The number of likely N-dealkylation sites (N-methyl/N-ethyl adjacent to an activating group) is 1. The van der Waals surface area contributed by atoms with Gasteiger partial charge in [-0.05, 0) is 36.4 Å². The zero-order chi connectivity index (χ0) is 15.2. The van der Waals surface area contributed by atoms with E-state index in [0.29, 0.717) is 13.1 Å². The van der Waals surface area contributed by atoms with Crippen LogP contribution in [0.3, 0.4) is 0 Å². The van der Waals surface area contributed by atoms with E-state index in [1.165, 1.54) is 6.07 Å². The van der Waals surface area contributed by atoms with Gasteiger partial charge in [0.2, 0.25) is 0 Å². The molecule has 1 unspecified atom stereocenters. The van der Waals surface area contributed by atoms with E-state index in [2.05, 4.69) is 16.8 Å². The molecule has 1 aromatic carbocycles. The predicted molar refractivity (Wildman–Crippen MR) is 83.5 cm³/mol. The summed E-state index contributed by atoms with van der Waals surface area (Å²) in [4.78, 5) is 6.50. The van der Waals surface area contributed by atoms with Gasteiger partial charge < -0.3 is 5.73 Å². The molecule has 0 spiro atoms. The molecule has 0 radical (unpaired) electrons. The maximum Gasteiger partial charge on any atom is 0.142 e. The van der Waals surface area contributed by atoms with Crippen molar-refractivity contribution in [2.24, 2.45) is 5.73 Å². The first-order valence-electron chi connectivity index (χ1n) is 6.94. The van der Waals surface area contributed by atoms with E-state index in [1.807, 2.05) is 24.3 Å². The summed E-state index contributed by atoms with van der Waals surface area (Å²) in [5.74, 6) is -0.415. The molecule has 0 amide bonds. The third-order valence-corrected chi connectivity index (χ3v) is 3.80. The zero-order valence-electron chi connectivity index (χ0n) is 12.0. The number of nitrogens with two attached hydrogens (primary N) is 1. The number of halogens is 2. The van der Waals surface area contributed by atoms with Crippen molar-refractivity contribution in [1.82, 2.24) is 9.88 Å². The van der Waals surface area contributed by atoms with E-state index in [0.717, 1.165) is 17.8 Å². The van der Waals surface area contributed by atoms with Gasteiger partial charge >= 0.3 is 0 Å². The predicted octanol–water partition coefficient (Wildman–Crippen LogP) is 3.40. The highest BCUT2D eigenvalue weighted by Crippen LogP contribution is 2.25. The number of benzene rings is 1. The van der Waals surface area contributed by atoms with Gasteiger partial charge in [0.25, 0.3) is 0 Å². The van der Waals surface area contributed by atoms with Crippen molar-refractivity contribution >= 4 is 11.6 Å². The average Bonchev–Trinajstić information content (AvgIpc) is 2.51. The molecular weight excluding hydrogens is 289 g/mol. The van der Waals surface area contributed by atoms with Crippen molar-refractivity contribution in [2.75, 3.05) is 13.1 Å². The molecule has 2 aromatic rings. The first kappa shape index (κ1) is 15.9. The Morgan fingerprint density at radius 1 is 1.33 bits per heavy atom. The van der Waals surface area contributed by atoms with E-state index in [4.69, 9.17) is 17.3 Å². The molecule has 2 N–H and O–H groups in total. The Balaban J connectivity index is 2.22. The molecule has 0 aliphatic heterocycles. The van der Waals surface area contributed by atoms with Crippen LogP contribution in [-0.2, 0) is 6.54 Å². The van der Waals surface area contributed by atoms with Crippen LogP contribution in [0.15, 0.2) is 42.6 Å². The fourth-order valence-electron chi connectivity index (χ4n) is 2.36. The Bertz CT molecular complexity index is 577. The second-order valence-corrected chi connectivity index (χ2v) is 5.22. The summed E-state index contributed by atoms with van der Waals surface area (Å²) in [6, 6.07) is 10.6. The average molecular weight is 308 g/mol. The van der Waals surface area contributed by atoms with E-state index in [1.54, 1.807) is 12.3 Å². The summed E-state index contributed by atoms with van der Waals surface area (Å²) in [6.45, 7) is 3.92. The van der Waals surface area contributed by atoms with E-state index in [9.17, 15) is 4.39 Å². The smallest absolute Gasteiger partial charge is 0.142 e. The molecule has 0 saturated heterocycles. The van der Waals surface area contributed by atoms with Gasteiger partial charge in [-0.2, -0.15) is 0 Å². The van der Waals surface area contributed by atoms with Crippen LogP contribution in [0.5, 0.6) is 0 Å². The Morgan fingerprint density at radius 3 is 2.71 bits per heavy atom. The Morgan fingerprint density at radius 2 is 2.14 bits per heavy atom. The summed E-state index contributed by atoms with van der Waals surface area (Å²) in [6.07, 6.45) is 1.77. The van der Waals surface area contributed by atoms with Crippen molar-refractivity contribution in [3.63, 3.8) is 0 Å². The summed E-state index contributed by atoms with van der Waals surface area (Å²) >= 11 is 5.74. The molecule has 1 heterocycles. The molecule has 1 aromatic heterocycles. The topological polar surface area (TPSA) is 42.2 Å². The van der Waals surface area contributed by atoms with Crippen LogP contribution >= 0.6 is 11.6 Å². The van der Waals surface area contributed by atoms with Crippen molar-refractivity contribution in [3.05, 3.63) is 64.7 Å². The largest absolute Gasteiger partial charge is 0.329 e. The standard InChI is InChI=1S/C16H19ClFN3/c1-2-21(11-13-5-3-4-8-20-13)16(10-19)12-6-7-14(17)15(18)9-12/h3-9,16H,2,10-11,19H2,1H3. The molecule has 112 valence electrons. The number of aromatic nitrogens is 1. The molecule has 2 rings (SSSR count). The fourth-order valence-corrected chi connectivity index (χ4v) is 2.48. The summed E-state index contributed by atoms with van der Waals surface area (Å²) in [5.41, 5.74) is 7.70. The molecule has 0 fully saturated rings. The lowest BCUT2D eigenvalue weighted by atomic mass is 10.0. The van der Waals surface area contributed by atoms with Crippen LogP contribution in [0, 0.1) is 5.82 Å². The van der Waals surface area contributed by atoms with Gasteiger partial charge in [0, 0.05) is 25.3 Å². The minimum absolute atomic E-state index is 0.0660. The van der Waals surface area contributed by atoms with Gasteiger partial charge in [0.05, 0.1) is 10.7 Å². The molecule has 5 heteroatoms. The van der Waals surface area contributed by atoms with Crippen LogP contribution in [-0.4, -0.2) is 23.0 Å². The third kappa shape index (κ3) is 4.00. The Hall–Kier alpha value is -1.49. The second-order valence-electron chi connectivity index (χ2n) is 4.81. The van der Waals surface area contributed by atoms with Gasteiger partial charge in [0.1, 0.15) is 5.82 Å². The minimum Gasteiger partial charge on any atom is -0.329 e. The number of rotatable bonds is 6. The number of nitrogens with zero attached hydrogens (tertiary/aromatic N) is 2. The van der Waals surface area contributed by atoms with Crippen molar-refractivity contribution in [2.45, 2.75) is 19.5 Å². The third-order valence-electron chi connectivity index (χ3n) is 3.49. The van der Waals surface area contributed by atoms with E-state index in [-0.39, 0.29) is 11.1 Å². The van der Waals surface area contributed by atoms with Crippen molar-refractivity contribution < 1.29 is 4.39 Å². The first-order chi connectivity index (χ1) is 10.2. The van der Waals surface area contributed by atoms with Crippen molar-refractivity contribution in [3.8, 4) is 0 Å². The van der Waals surface area contributed by atoms with Gasteiger partial charge in [-0.25, -0.2) is 4.39 Å². The SMILES string of the molecule is CCN(Cc1ccccn1)C(CN)c1ccc(Cl)c(F)c1. The highest BCUT2D eigenvalue weighted by Gasteiger charge is 2.19. The molecule has 3 nitrogen and oxygen atoms in total. The maximum absolute atomic E-state index is 13.7. The minimum atomic E-state index is -0.415. The quantitative estimate of drug-likeness (QED) is 0.889. The fraction of sp³-hybridized carbons (Fsp3) is 0.312. The molecule has 1 atom stereocenters. The normalized spacial score (nSPS) is 12.6. The molecule has 0 saturated carbocycles. The van der Waals surface area contributed by atoms with Gasteiger partial charge in [-0.1, -0.05) is 30.7 Å². The molecule has 0 aliphatic rings. The van der Waals surface area contributed by atoms with Crippen LogP contribution < -0.4 is 5.73 Å². The lowest BCUT2D eigenvalue weighted by Crippen LogP contribution is -2.33. The van der Waals surface area contributed by atoms with E-state index < -0.39 is 5.82 Å². The molecule has 0 bridgehead atoms. The van der Waals surface area contributed by atoms with Crippen LogP contribution in [0.4, 0.5) is 4.39 Å². The summed E-state index contributed by atoms with van der Waals surface area (Å²) < 4.78 is 13.7. The summed E-state index contributed by atoms with van der Waals surface area (Å²) in [5, 5.41) is 0.127. The lowest BCUT2D eigenvalue weighted by Gasteiger charge is -2.30. The van der Waals surface area contributed by atoms with Crippen molar-refractivity contribution in [1.29, 1.82) is 0 Å². The second kappa shape index (κ2) is 7.50. The van der Waals surface area contributed by atoms with Gasteiger partial charge in [-0.3, -0.25) is 9.88 Å². The molecule has 21 heavy (non-hydrogen) atoms. The van der Waals surface area contributed by atoms with E-state index >= 15 is 0 Å². The number of hydrogen-bond donors (Lipinski definition) is 1. The highest BCUT2D eigenvalue weighted by molar-refractivity contribution is 6.30. The Kier molecular flexibility index (Phi) is 5.67. The Labute approximate surface area is 129 Å². The maximum atomic E-state index is 13.7. The molecule has 0 aliphatic carbocycles. The number of hydrogen-bond acceptors (Lipinski definition) is 3. The van der Waals surface area contributed by atoms with Crippen LogP contribution in [0.1, 0.15) is 24.2 Å². The molecular formula is C16H19ClFN3. The van der Waals surface area contributed by atoms with Gasteiger partial charge in [-0.15, -0.1) is 0 Å². The van der Waals surface area contributed by atoms with Crippen LogP contribution in [0.25, 0.3) is 0 Å². The van der Waals surface area contributed by atoms with Gasteiger partial charge in [0.15, 0.2) is 0 Å². The summed E-state index contributed by atoms with van der Waals surface area (Å²) in [7, 11) is 0. The monoisotopic (exact) mass is 307 g/mol. The first-order valence-corrected chi connectivity index (χ1v) is 7.32. The lowest BCUT2D eigenvalue weighted by molar-refractivity contribution is 0.200. The van der Waals surface area contributed by atoms with Crippen LogP contribution in [0.2, 0.25) is 5.02 Å². The highest BCUT2D eigenvalue weighted by atomic mass is 35.5. The number of pyridine rings is 1. The zero-order valence-corrected chi connectivity index (χ0v) is 12.7.